The van der Waals surface area contributed by atoms with Crippen LogP contribution in [0.4, 0.5) is 0 Å². The smallest absolute Gasteiger partial charge is 0.308 e. The van der Waals surface area contributed by atoms with Gasteiger partial charge in [-0.15, -0.1) is 0 Å². The van der Waals surface area contributed by atoms with Gasteiger partial charge in [-0.2, -0.15) is 0 Å². The number of carboxylic acids is 1. The first-order valence-corrected chi connectivity index (χ1v) is 6.88. The van der Waals surface area contributed by atoms with Crippen LogP contribution in [0.25, 0.3) is 0 Å². The van der Waals surface area contributed by atoms with Gasteiger partial charge in [-0.3, -0.25) is 9.59 Å². The normalized spacial score (nSPS) is 26.0. The lowest BCUT2D eigenvalue weighted by Gasteiger charge is -2.32. The topological polar surface area (TPSA) is 69.6 Å². The number of aliphatic carboxylic acids is 1. The van der Waals surface area contributed by atoms with Crippen molar-refractivity contribution in [2.24, 2.45) is 11.8 Å². The third-order valence-corrected chi connectivity index (χ3v) is 4.05. The fraction of sp³-hybridized carbons (Fsp3) is 0.846. The molecule has 2 saturated heterocycles. The van der Waals surface area contributed by atoms with E-state index in [1.807, 2.05) is 0 Å². The number of hydrogen-bond acceptors (Lipinski definition) is 3. The number of nitrogens with zero attached hydrogens (tertiary/aromatic N) is 1. The maximum Gasteiger partial charge on any atom is 0.308 e. The Morgan fingerprint density at radius 3 is 2.61 bits per heavy atom. The number of piperidine rings is 2. The Morgan fingerprint density at radius 1 is 1.22 bits per heavy atom. The molecule has 2 heterocycles. The molecule has 1 unspecified atom stereocenters. The van der Waals surface area contributed by atoms with Crippen LogP contribution in [0, 0.1) is 11.8 Å². The van der Waals surface area contributed by atoms with E-state index in [-0.39, 0.29) is 11.8 Å². The minimum absolute atomic E-state index is 0.146. The monoisotopic (exact) mass is 254 g/mol. The fourth-order valence-corrected chi connectivity index (χ4v) is 2.87. The van der Waals surface area contributed by atoms with Crippen LogP contribution in [-0.2, 0) is 9.59 Å². The van der Waals surface area contributed by atoms with Crippen LogP contribution in [0.3, 0.4) is 0 Å². The first-order valence-electron chi connectivity index (χ1n) is 6.88. The molecule has 0 bridgehead atoms. The van der Waals surface area contributed by atoms with Gasteiger partial charge < -0.3 is 15.3 Å². The standard InChI is InChI=1S/C13H22N2O3/c16-12(8-10-3-5-14-6-4-10)15-7-1-2-11(9-15)13(17)18/h10-11,14H,1-9H2,(H,17,18). The Bertz CT molecular complexity index is 313. The van der Waals surface area contributed by atoms with Gasteiger partial charge in [-0.05, 0) is 44.7 Å². The number of carboxylic acid groups (broad SMARTS) is 1. The summed E-state index contributed by atoms with van der Waals surface area (Å²) in [7, 11) is 0. The molecule has 0 aliphatic carbocycles. The van der Waals surface area contributed by atoms with Gasteiger partial charge in [0, 0.05) is 19.5 Å². The Hall–Kier alpha value is -1.10. The highest BCUT2D eigenvalue weighted by Gasteiger charge is 2.29. The molecule has 1 atom stereocenters. The Labute approximate surface area is 108 Å². The van der Waals surface area contributed by atoms with E-state index in [9.17, 15) is 9.59 Å². The molecule has 2 rings (SSSR count). The molecule has 0 radical (unpaired) electrons. The van der Waals surface area contributed by atoms with Crippen molar-refractivity contribution in [1.82, 2.24) is 10.2 Å². The van der Waals surface area contributed by atoms with E-state index in [4.69, 9.17) is 5.11 Å². The van der Waals surface area contributed by atoms with Crippen molar-refractivity contribution in [1.29, 1.82) is 0 Å². The highest BCUT2D eigenvalue weighted by Crippen LogP contribution is 2.21. The lowest BCUT2D eigenvalue weighted by molar-refractivity contribution is -0.145. The summed E-state index contributed by atoms with van der Waals surface area (Å²) in [6.45, 7) is 3.12. The van der Waals surface area contributed by atoms with Gasteiger partial charge in [0.05, 0.1) is 5.92 Å². The van der Waals surface area contributed by atoms with Gasteiger partial charge in [0.15, 0.2) is 0 Å². The lowest BCUT2D eigenvalue weighted by Crippen LogP contribution is -2.43. The lowest BCUT2D eigenvalue weighted by atomic mass is 9.92. The van der Waals surface area contributed by atoms with Gasteiger partial charge in [0.25, 0.3) is 0 Å². The zero-order valence-electron chi connectivity index (χ0n) is 10.7. The average molecular weight is 254 g/mol. The second kappa shape index (κ2) is 6.18. The molecule has 18 heavy (non-hydrogen) atoms. The van der Waals surface area contributed by atoms with Gasteiger partial charge >= 0.3 is 5.97 Å². The van der Waals surface area contributed by atoms with Crippen LogP contribution in [0.5, 0.6) is 0 Å². The zero-order valence-corrected chi connectivity index (χ0v) is 10.7. The fourth-order valence-electron chi connectivity index (χ4n) is 2.87. The number of carbonyl (C=O) groups is 2. The van der Waals surface area contributed by atoms with Crippen LogP contribution in [0.15, 0.2) is 0 Å². The van der Waals surface area contributed by atoms with Crippen molar-refractivity contribution in [2.75, 3.05) is 26.2 Å². The minimum Gasteiger partial charge on any atom is -0.481 e. The third kappa shape index (κ3) is 3.45. The molecule has 2 fully saturated rings. The molecule has 2 aliphatic heterocycles. The Kier molecular flexibility index (Phi) is 4.58. The van der Waals surface area contributed by atoms with Crippen LogP contribution >= 0.6 is 0 Å². The molecule has 5 heteroatoms. The molecular formula is C13H22N2O3. The maximum absolute atomic E-state index is 12.1. The van der Waals surface area contributed by atoms with E-state index >= 15 is 0 Å². The molecule has 0 spiro atoms. The third-order valence-electron chi connectivity index (χ3n) is 4.05. The summed E-state index contributed by atoms with van der Waals surface area (Å²) in [6.07, 6.45) is 4.22. The molecule has 0 aromatic rings. The first kappa shape index (κ1) is 13.3. The molecule has 5 nitrogen and oxygen atoms in total. The molecule has 0 aromatic heterocycles. The summed E-state index contributed by atoms with van der Waals surface area (Å²) in [5, 5.41) is 12.3. The van der Waals surface area contributed by atoms with E-state index in [2.05, 4.69) is 5.32 Å². The van der Waals surface area contributed by atoms with Gasteiger partial charge in [0.1, 0.15) is 0 Å². The molecular weight excluding hydrogens is 232 g/mol. The van der Waals surface area contributed by atoms with Crippen LogP contribution in [0.1, 0.15) is 32.1 Å². The molecule has 0 aromatic carbocycles. The number of rotatable bonds is 3. The van der Waals surface area contributed by atoms with Gasteiger partial charge in [-0.25, -0.2) is 0 Å². The average Bonchev–Trinajstić information content (AvgIpc) is 2.40. The quantitative estimate of drug-likeness (QED) is 0.778. The Balaban J connectivity index is 1.82. The number of amides is 1. The van der Waals surface area contributed by atoms with E-state index < -0.39 is 5.97 Å². The minimum atomic E-state index is -0.769. The van der Waals surface area contributed by atoms with Crippen molar-refractivity contribution in [3.63, 3.8) is 0 Å². The van der Waals surface area contributed by atoms with Crippen LogP contribution in [-0.4, -0.2) is 48.1 Å². The van der Waals surface area contributed by atoms with Crippen molar-refractivity contribution in [2.45, 2.75) is 32.1 Å². The van der Waals surface area contributed by atoms with Crippen molar-refractivity contribution >= 4 is 11.9 Å². The predicted octanol–water partition coefficient (Wildman–Crippen LogP) is 0.699. The van der Waals surface area contributed by atoms with Crippen molar-refractivity contribution < 1.29 is 14.7 Å². The number of nitrogens with one attached hydrogen (secondary N) is 1. The second-order valence-corrected chi connectivity index (χ2v) is 5.41. The molecule has 2 aliphatic rings. The summed E-state index contributed by atoms with van der Waals surface area (Å²) in [6, 6.07) is 0. The SMILES string of the molecule is O=C(O)C1CCCN(C(=O)CC2CCNCC2)C1. The zero-order chi connectivity index (χ0) is 13.0. The molecule has 1 amide bonds. The summed E-state index contributed by atoms with van der Waals surface area (Å²) >= 11 is 0. The number of likely N-dealkylation sites (tertiary alicyclic amines) is 1. The van der Waals surface area contributed by atoms with Gasteiger partial charge in [0.2, 0.25) is 5.91 Å². The van der Waals surface area contributed by atoms with E-state index in [0.717, 1.165) is 38.9 Å². The largest absolute Gasteiger partial charge is 0.481 e. The molecule has 2 N–H and O–H groups in total. The van der Waals surface area contributed by atoms with Crippen molar-refractivity contribution in [3.05, 3.63) is 0 Å². The second-order valence-electron chi connectivity index (χ2n) is 5.41. The van der Waals surface area contributed by atoms with E-state index in [0.29, 0.717) is 25.3 Å². The highest BCUT2D eigenvalue weighted by atomic mass is 16.4. The summed E-state index contributed by atoms with van der Waals surface area (Å²) in [5.41, 5.74) is 0. The Morgan fingerprint density at radius 2 is 1.94 bits per heavy atom. The van der Waals surface area contributed by atoms with Crippen molar-refractivity contribution in [3.8, 4) is 0 Å². The highest BCUT2D eigenvalue weighted by molar-refractivity contribution is 5.78. The van der Waals surface area contributed by atoms with Crippen LogP contribution < -0.4 is 5.32 Å². The number of carbonyl (C=O) groups excluding carboxylic acids is 1. The summed E-state index contributed by atoms with van der Waals surface area (Å²) < 4.78 is 0. The summed E-state index contributed by atoms with van der Waals surface area (Å²) in [5.74, 6) is -0.512. The first-order chi connectivity index (χ1) is 8.66. The maximum atomic E-state index is 12.1. The molecule has 0 saturated carbocycles. The van der Waals surface area contributed by atoms with Gasteiger partial charge in [-0.1, -0.05) is 0 Å². The predicted molar refractivity (Wildman–Crippen MR) is 67.2 cm³/mol. The van der Waals surface area contributed by atoms with E-state index in [1.54, 1.807) is 4.90 Å². The molecule has 102 valence electrons. The van der Waals surface area contributed by atoms with Crippen LogP contribution in [0.2, 0.25) is 0 Å². The van der Waals surface area contributed by atoms with E-state index in [1.165, 1.54) is 0 Å². The number of hydrogen-bond donors (Lipinski definition) is 2. The summed E-state index contributed by atoms with van der Waals surface area (Å²) in [4.78, 5) is 24.9.